The van der Waals surface area contributed by atoms with Crippen LogP contribution in [-0.4, -0.2) is 43.4 Å². The van der Waals surface area contributed by atoms with E-state index in [0.717, 1.165) is 5.56 Å². The topological polar surface area (TPSA) is 89.7 Å². The number of anilines is 2. The molecule has 8 nitrogen and oxygen atoms in total. The van der Waals surface area contributed by atoms with Gasteiger partial charge in [-0.1, -0.05) is 16.8 Å². The molecule has 0 aliphatic carbocycles. The van der Waals surface area contributed by atoms with Crippen molar-refractivity contribution in [3.63, 3.8) is 0 Å². The zero-order valence-corrected chi connectivity index (χ0v) is 18.1. The van der Waals surface area contributed by atoms with Crippen molar-refractivity contribution in [2.45, 2.75) is 12.8 Å². The predicted molar refractivity (Wildman–Crippen MR) is 118 cm³/mol. The first-order valence-electron chi connectivity index (χ1n) is 9.95. The van der Waals surface area contributed by atoms with Gasteiger partial charge in [-0.05, 0) is 49.2 Å². The van der Waals surface area contributed by atoms with Gasteiger partial charge in [-0.25, -0.2) is 0 Å². The Morgan fingerprint density at radius 3 is 2.48 bits per heavy atom. The fourth-order valence-electron chi connectivity index (χ4n) is 3.55. The molecular weight excluding hydrogens is 420 g/mol. The van der Waals surface area contributed by atoms with Gasteiger partial charge < -0.3 is 24.2 Å². The number of methoxy groups -OCH3 is 2. The van der Waals surface area contributed by atoms with Gasteiger partial charge in [0, 0.05) is 41.3 Å². The molecule has 1 aliphatic rings. The largest absolute Gasteiger partial charge is 0.493 e. The van der Waals surface area contributed by atoms with Gasteiger partial charge in [0.15, 0.2) is 11.5 Å². The van der Waals surface area contributed by atoms with Gasteiger partial charge >= 0.3 is 6.01 Å². The van der Waals surface area contributed by atoms with Crippen LogP contribution in [0.5, 0.6) is 11.5 Å². The molecule has 1 N–H and O–H groups in total. The quantitative estimate of drug-likeness (QED) is 0.609. The van der Waals surface area contributed by atoms with E-state index in [0.29, 0.717) is 60.0 Å². The molecule has 2 aromatic carbocycles. The summed E-state index contributed by atoms with van der Waals surface area (Å²) in [6.07, 6.45) is 1.38. The molecule has 1 aliphatic heterocycles. The Bertz CT molecular complexity index is 1050. The van der Waals surface area contributed by atoms with Gasteiger partial charge in [-0.3, -0.25) is 4.79 Å². The van der Waals surface area contributed by atoms with E-state index in [1.807, 2.05) is 17.0 Å². The van der Waals surface area contributed by atoms with E-state index < -0.39 is 0 Å². The lowest BCUT2D eigenvalue weighted by atomic mass is 9.96. The second-order valence-corrected chi connectivity index (χ2v) is 7.66. The number of ether oxygens (including phenoxy) is 2. The van der Waals surface area contributed by atoms with E-state index in [4.69, 9.17) is 25.6 Å². The highest BCUT2D eigenvalue weighted by Crippen LogP contribution is 2.31. The molecule has 0 radical (unpaired) electrons. The molecule has 162 valence electrons. The summed E-state index contributed by atoms with van der Waals surface area (Å²) in [5, 5.41) is 7.68. The van der Waals surface area contributed by atoms with E-state index in [1.165, 1.54) is 0 Å². The number of piperidine rings is 1. The molecule has 1 aromatic heterocycles. The van der Waals surface area contributed by atoms with Gasteiger partial charge in [0.05, 0.1) is 14.2 Å². The van der Waals surface area contributed by atoms with Gasteiger partial charge in [-0.2, -0.15) is 4.98 Å². The van der Waals surface area contributed by atoms with E-state index in [1.54, 1.807) is 44.6 Å². The molecule has 9 heteroatoms. The zero-order valence-electron chi connectivity index (χ0n) is 17.3. The number of benzene rings is 2. The minimum atomic E-state index is -0.0944. The summed E-state index contributed by atoms with van der Waals surface area (Å²) < 4.78 is 16.0. The Balaban J connectivity index is 1.34. The number of halogens is 1. The zero-order chi connectivity index (χ0) is 21.8. The molecule has 0 atom stereocenters. The first-order chi connectivity index (χ1) is 15.1. The average Bonchev–Trinajstić information content (AvgIpc) is 3.30. The van der Waals surface area contributed by atoms with Crippen LogP contribution in [0.15, 0.2) is 47.0 Å². The maximum Gasteiger partial charge on any atom is 0.324 e. The molecule has 1 amide bonds. The Morgan fingerprint density at radius 2 is 1.81 bits per heavy atom. The first-order valence-corrected chi connectivity index (χ1v) is 10.3. The summed E-state index contributed by atoms with van der Waals surface area (Å²) in [7, 11) is 3.14. The van der Waals surface area contributed by atoms with Crippen LogP contribution in [0.3, 0.4) is 0 Å². The number of hydrogen-bond acceptors (Lipinski definition) is 7. The third kappa shape index (κ3) is 4.74. The van der Waals surface area contributed by atoms with Crippen molar-refractivity contribution >= 4 is 29.2 Å². The van der Waals surface area contributed by atoms with Crippen LogP contribution in [0, 0.1) is 5.92 Å². The molecule has 31 heavy (non-hydrogen) atoms. The number of nitrogens with one attached hydrogen (secondary N) is 1. The van der Waals surface area contributed by atoms with Crippen molar-refractivity contribution in [2.24, 2.45) is 5.92 Å². The second kappa shape index (κ2) is 9.26. The van der Waals surface area contributed by atoms with Crippen LogP contribution in [0.25, 0.3) is 11.4 Å². The Labute approximate surface area is 185 Å². The highest BCUT2D eigenvalue weighted by atomic mass is 35.5. The number of amides is 1. The van der Waals surface area contributed by atoms with E-state index >= 15 is 0 Å². The third-order valence-electron chi connectivity index (χ3n) is 5.31. The average molecular weight is 443 g/mol. The molecule has 1 fully saturated rings. The molecule has 4 rings (SSSR count). The predicted octanol–water partition coefficient (Wildman–Crippen LogP) is 4.26. The third-order valence-corrected chi connectivity index (χ3v) is 5.56. The number of hydrogen-bond donors (Lipinski definition) is 1. The van der Waals surface area contributed by atoms with Gasteiger partial charge in [0.25, 0.3) is 0 Å². The molecule has 0 spiro atoms. The summed E-state index contributed by atoms with van der Waals surface area (Å²) in [5.74, 6) is 1.59. The van der Waals surface area contributed by atoms with Crippen molar-refractivity contribution in [1.29, 1.82) is 0 Å². The minimum absolute atomic E-state index is 0.0146. The van der Waals surface area contributed by atoms with Gasteiger partial charge in [0.1, 0.15) is 0 Å². The van der Waals surface area contributed by atoms with E-state index in [2.05, 4.69) is 15.5 Å². The number of nitrogens with zero attached hydrogens (tertiary/aromatic N) is 3. The maximum atomic E-state index is 12.7. The highest BCUT2D eigenvalue weighted by molar-refractivity contribution is 6.30. The van der Waals surface area contributed by atoms with Crippen LogP contribution in [-0.2, 0) is 4.79 Å². The Kier molecular flexibility index (Phi) is 6.27. The monoisotopic (exact) mass is 442 g/mol. The van der Waals surface area contributed by atoms with Crippen LogP contribution in [0.4, 0.5) is 11.7 Å². The number of rotatable bonds is 6. The van der Waals surface area contributed by atoms with Gasteiger partial charge in [0.2, 0.25) is 11.7 Å². The molecule has 0 saturated carbocycles. The van der Waals surface area contributed by atoms with Crippen LogP contribution in [0.1, 0.15) is 12.8 Å². The summed E-state index contributed by atoms with van der Waals surface area (Å²) >= 11 is 5.93. The SMILES string of the molecule is COc1ccc(NC(=O)C2CCN(c3nc(-c4ccc(Cl)cc4)no3)CC2)cc1OC. The Hall–Kier alpha value is -3.26. The summed E-state index contributed by atoms with van der Waals surface area (Å²) in [4.78, 5) is 19.2. The number of carbonyl (C=O) groups excluding carboxylic acids is 1. The molecule has 2 heterocycles. The van der Waals surface area contributed by atoms with Crippen molar-refractivity contribution in [3.8, 4) is 22.9 Å². The lowest BCUT2D eigenvalue weighted by Crippen LogP contribution is -2.38. The van der Waals surface area contributed by atoms with Crippen LogP contribution < -0.4 is 19.7 Å². The number of aromatic nitrogens is 2. The molecule has 0 unspecified atom stereocenters. The lowest BCUT2D eigenvalue weighted by molar-refractivity contribution is -0.120. The summed E-state index contributed by atoms with van der Waals surface area (Å²) in [6, 6.07) is 13.1. The maximum absolute atomic E-state index is 12.7. The van der Waals surface area contributed by atoms with Crippen molar-refractivity contribution in [1.82, 2.24) is 10.1 Å². The highest BCUT2D eigenvalue weighted by Gasteiger charge is 2.28. The smallest absolute Gasteiger partial charge is 0.324 e. The first kappa shape index (κ1) is 21.0. The molecule has 1 saturated heterocycles. The van der Waals surface area contributed by atoms with Gasteiger partial charge in [-0.15, -0.1) is 0 Å². The fraction of sp³-hybridized carbons (Fsp3) is 0.318. The summed E-state index contributed by atoms with van der Waals surface area (Å²) in [5.41, 5.74) is 1.51. The second-order valence-electron chi connectivity index (χ2n) is 7.23. The number of carbonyl (C=O) groups is 1. The van der Waals surface area contributed by atoms with Crippen molar-refractivity contribution in [2.75, 3.05) is 37.5 Å². The van der Waals surface area contributed by atoms with Crippen molar-refractivity contribution in [3.05, 3.63) is 47.5 Å². The summed E-state index contributed by atoms with van der Waals surface area (Å²) in [6.45, 7) is 1.32. The fourth-order valence-corrected chi connectivity index (χ4v) is 3.68. The van der Waals surface area contributed by atoms with Crippen molar-refractivity contribution < 1.29 is 18.8 Å². The molecular formula is C22H23ClN4O4. The van der Waals surface area contributed by atoms with E-state index in [-0.39, 0.29) is 11.8 Å². The van der Waals surface area contributed by atoms with Crippen LogP contribution in [0.2, 0.25) is 5.02 Å². The Morgan fingerprint density at radius 1 is 1.10 bits per heavy atom. The van der Waals surface area contributed by atoms with Crippen LogP contribution >= 0.6 is 11.6 Å². The van der Waals surface area contributed by atoms with E-state index in [9.17, 15) is 4.79 Å². The standard InChI is InChI=1S/C22H23ClN4O4/c1-29-18-8-7-17(13-19(18)30-2)24-21(28)15-9-11-27(12-10-15)22-25-20(26-31-22)14-3-5-16(23)6-4-14/h3-8,13,15H,9-12H2,1-2H3,(H,24,28). The normalized spacial score (nSPS) is 14.4. The minimum Gasteiger partial charge on any atom is -0.493 e. The molecule has 3 aromatic rings. The molecule has 0 bridgehead atoms. The lowest BCUT2D eigenvalue weighted by Gasteiger charge is -2.29.